The van der Waals surface area contributed by atoms with Gasteiger partial charge in [0, 0.05) is 24.4 Å². The van der Waals surface area contributed by atoms with E-state index in [1.165, 1.54) is 0 Å². The second-order valence-corrected chi connectivity index (χ2v) is 5.39. The van der Waals surface area contributed by atoms with E-state index in [0.29, 0.717) is 18.9 Å². The van der Waals surface area contributed by atoms with Crippen molar-refractivity contribution in [1.29, 1.82) is 0 Å². The van der Waals surface area contributed by atoms with Gasteiger partial charge in [0.1, 0.15) is 0 Å². The highest BCUT2D eigenvalue weighted by atomic mass is 31.1. The van der Waals surface area contributed by atoms with E-state index in [0.717, 1.165) is 0 Å². The topological polar surface area (TPSA) is 63.4 Å². The van der Waals surface area contributed by atoms with Crippen molar-refractivity contribution in [3.63, 3.8) is 0 Å². The van der Waals surface area contributed by atoms with Gasteiger partial charge in [-0.3, -0.25) is 4.57 Å². The number of carbonyl (C=O) groups excluding carboxylic acids is 1. The van der Waals surface area contributed by atoms with Gasteiger partial charge in [-0.15, -0.1) is 0 Å². The van der Waals surface area contributed by atoms with Gasteiger partial charge >= 0.3 is 6.03 Å². The Bertz CT molecular complexity index is 227. The van der Waals surface area contributed by atoms with E-state index in [1.54, 1.807) is 4.90 Å². The number of hydrogen-bond donors (Lipinski definition) is 1. The van der Waals surface area contributed by atoms with Gasteiger partial charge in [0.25, 0.3) is 0 Å². The molecular weight excluding hydrogens is 175 g/mol. The maximum atomic E-state index is 11.2. The van der Waals surface area contributed by atoms with Crippen molar-refractivity contribution in [3.8, 4) is 0 Å². The largest absolute Gasteiger partial charge is 0.351 e. The van der Waals surface area contributed by atoms with Crippen molar-refractivity contribution < 1.29 is 9.36 Å². The molecule has 1 fully saturated rings. The van der Waals surface area contributed by atoms with Gasteiger partial charge in [-0.05, 0) is 13.8 Å². The molecule has 0 saturated carbocycles. The van der Waals surface area contributed by atoms with Crippen LogP contribution < -0.4 is 5.73 Å². The van der Waals surface area contributed by atoms with E-state index in [2.05, 4.69) is 0 Å². The van der Waals surface area contributed by atoms with Crippen molar-refractivity contribution in [3.05, 3.63) is 0 Å². The number of primary amides is 1. The zero-order valence-corrected chi connectivity index (χ0v) is 8.30. The molecule has 0 bridgehead atoms. The summed E-state index contributed by atoms with van der Waals surface area (Å²) >= 11 is 0. The first-order valence-corrected chi connectivity index (χ1v) is 5.55. The molecule has 1 rings (SSSR count). The third kappa shape index (κ3) is 1.75. The lowest BCUT2D eigenvalue weighted by Crippen LogP contribution is -2.55. The smallest absolute Gasteiger partial charge is 0.315 e. The van der Waals surface area contributed by atoms with E-state index < -0.39 is 13.8 Å². The number of hydrogen-bond acceptors (Lipinski definition) is 2. The quantitative estimate of drug-likeness (QED) is 0.577. The number of amides is 2. The third-order valence-electron chi connectivity index (χ3n) is 2.13. The van der Waals surface area contributed by atoms with Crippen LogP contribution in [0.15, 0.2) is 0 Å². The van der Waals surface area contributed by atoms with E-state index in [4.69, 9.17) is 5.73 Å². The lowest BCUT2D eigenvalue weighted by atomic mass is 10.1. The highest BCUT2D eigenvalue weighted by molar-refractivity contribution is 7.44. The van der Waals surface area contributed by atoms with Gasteiger partial charge in [-0.2, -0.15) is 0 Å². The van der Waals surface area contributed by atoms with Crippen LogP contribution in [0.25, 0.3) is 0 Å². The minimum atomic E-state index is -1.13. The molecule has 0 aromatic carbocycles. The molecule has 2 N–H and O–H groups in total. The normalized spacial score (nSPS) is 25.5. The molecule has 0 aliphatic carbocycles. The van der Waals surface area contributed by atoms with Crippen LogP contribution in [0.4, 0.5) is 4.79 Å². The van der Waals surface area contributed by atoms with Crippen LogP contribution in [0.1, 0.15) is 13.8 Å². The Morgan fingerprint density at radius 2 is 2.17 bits per heavy atom. The second-order valence-electron chi connectivity index (χ2n) is 3.67. The molecule has 4 nitrogen and oxygen atoms in total. The fourth-order valence-corrected chi connectivity index (χ4v) is 3.13. The summed E-state index contributed by atoms with van der Waals surface area (Å²) in [5.41, 5.74) is 4.84. The van der Waals surface area contributed by atoms with Crippen molar-refractivity contribution in [2.75, 3.05) is 18.9 Å². The van der Waals surface area contributed by atoms with Crippen LogP contribution in [0, 0.1) is 0 Å². The van der Waals surface area contributed by atoms with Crippen LogP contribution in [0.5, 0.6) is 0 Å². The summed E-state index contributed by atoms with van der Waals surface area (Å²) in [5, 5.41) is 0. The Kier molecular flexibility index (Phi) is 2.38. The Labute approximate surface area is 72.9 Å². The molecule has 0 aromatic heterocycles. The van der Waals surface area contributed by atoms with E-state index in [9.17, 15) is 9.36 Å². The fourth-order valence-electron chi connectivity index (χ4n) is 1.52. The number of carbonyl (C=O) groups is 1. The molecule has 1 aliphatic heterocycles. The minimum Gasteiger partial charge on any atom is -0.351 e. The summed E-state index contributed by atoms with van der Waals surface area (Å²) < 4.78 is 11.2. The average Bonchev–Trinajstić information content (AvgIpc) is 1.82. The Morgan fingerprint density at radius 3 is 2.58 bits per heavy atom. The van der Waals surface area contributed by atoms with Crippen LogP contribution in [-0.2, 0) is 4.57 Å². The van der Waals surface area contributed by atoms with Crippen LogP contribution in [-0.4, -0.2) is 35.3 Å². The number of rotatable bonds is 0. The van der Waals surface area contributed by atoms with Gasteiger partial charge in [0.2, 0.25) is 0 Å². The molecule has 1 saturated heterocycles. The summed E-state index contributed by atoms with van der Waals surface area (Å²) in [4.78, 5) is 12.5. The van der Waals surface area contributed by atoms with Crippen molar-refractivity contribution >= 4 is 13.8 Å². The first-order chi connectivity index (χ1) is 5.43. The molecule has 69 valence electrons. The Balaban J connectivity index is 2.77. The molecule has 5 heteroatoms. The SMILES string of the molecule is CC1(C)C[P](=O)CCN1C(N)=O. The number of nitrogens with zero attached hydrogens (tertiary/aromatic N) is 1. The Hall–Kier alpha value is -0.630. The molecule has 1 radical (unpaired) electrons. The third-order valence-corrected chi connectivity index (χ3v) is 3.96. The maximum absolute atomic E-state index is 11.2. The standard InChI is InChI=1S/C7H14N2O2P/c1-7(2)5-12(11)4-3-9(7)6(8)10/h3-5H2,1-2H3,(H2,8,10). The molecular formula is C7H14N2O2P. The predicted octanol–water partition coefficient (Wildman–Crippen LogP) is 0.987. The Morgan fingerprint density at radius 1 is 1.58 bits per heavy atom. The van der Waals surface area contributed by atoms with Crippen molar-refractivity contribution in [2.24, 2.45) is 5.73 Å². The first-order valence-electron chi connectivity index (χ1n) is 3.92. The van der Waals surface area contributed by atoms with Crippen molar-refractivity contribution in [2.45, 2.75) is 19.4 Å². The van der Waals surface area contributed by atoms with E-state index >= 15 is 0 Å². The van der Waals surface area contributed by atoms with Crippen LogP contribution >= 0.6 is 7.80 Å². The molecule has 1 atom stereocenters. The summed E-state index contributed by atoms with van der Waals surface area (Å²) in [6, 6.07) is -0.414. The van der Waals surface area contributed by atoms with Gasteiger partial charge < -0.3 is 10.6 Å². The van der Waals surface area contributed by atoms with Gasteiger partial charge in [-0.1, -0.05) is 0 Å². The average molecular weight is 189 g/mol. The number of urea groups is 1. The van der Waals surface area contributed by atoms with E-state index in [-0.39, 0.29) is 5.54 Å². The molecule has 1 heterocycles. The number of nitrogens with two attached hydrogens (primary N) is 1. The molecule has 0 aromatic rings. The zero-order valence-electron chi connectivity index (χ0n) is 7.41. The summed E-state index contributed by atoms with van der Waals surface area (Å²) in [6.45, 7) is 4.31. The van der Waals surface area contributed by atoms with Gasteiger partial charge in [-0.25, -0.2) is 4.79 Å². The summed E-state index contributed by atoms with van der Waals surface area (Å²) in [7, 11) is -1.13. The van der Waals surface area contributed by atoms with Gasteiger partial charge in [0.15, 0.2) is 0 Å². The molecule has 1 unspecified atom stereocenters. The van der Waals surface area contributed by atoms with Crippen LogP contribution in [0.3, 0.4) is 0 Å². The molecule has 0 spiro atoms. The second kappa shape index (κ2) is 3.02. The first kappa shape index (κ1) is 9.46. The van der Waals surface area contributed by atoms with Gasteiger partial charge in [0.05, 0.1) is 7.80 Å². The maximum Gasteiger partial charge on any atom is 0.315 e. The molecule has 12 heavy (non-hydrogen) atoms. The summed E-state index contributed by atoms with van der Waals surface area (Å²) in [5.74, 6) is 0. The monoisotopic (exact) mass is 189 g/mol. The molecule has 2 amide bonds. The lowest BCUT2D eigenvalue weighted by Gasteiger charge is -2.40. The van der Waals surface area contributed by atoms with Crippen LogP contribution in [0.2, 0.25) is 0 Å². The highest BCUT2D eigenvalue weighted by Crippen LogP contribution is 2.34. The molecule has 1 aliphatic rings. The zero-order chi connectivity index (χ0) is 9.35. The summed E-state index contributed by atoms with van der Waals surface area (Å²) in [6.07, 6.45) is 1.15. The van der Waals surface area contributed by atoms with Crippen molar-refractivity contribution in [1.82, 2.24) is 4.90 Å². The lowest BCUT2D eigenvalue weighted by molar-refractivity contribution is 0.156. The minimum absolute atomic E-state index is 0.336. The predicted molar refractivity (Wildman–Crippen MR) is 47.7 cm³/mol. The fraction of sp³-hybridized carbons (Fsp3) is 0.857. The van der Waals surface area contributed by atoms with E-state index in [1.807, 2.05) is 13.8 Å². The highest BCUT2D eigenvalue weighted by Gasteiger charge is 2.35.